The second-order valence-electron chi connectivity index (χ2n) is 5.36. The molecule has 1 aliphatic rings. The molecule has 3 aromatic rings. The Morgan fingerprint density at radius 3 is 2.76 bits per heavy atom. The minimum absolute atomic E-state index is 0.818. The fourth-order valence-corrected chi connectivity index (χ4v) is 2.75. The molecule has 1 fully saturated rings. The van der Waals surface area contributed by atoms with Gasteiger partial charge in [0.2, 0.25) is 0 Å². The van der Waals surface area contributed by atoms with Crippen molar-refractivity contribution in [3.63, 3.8) is 0 Å². The fourth-order valence-electron chi connectivity index (χ4n) is 2.75. The second-order valence-corrected chi connectivity index (χ2v) is 5.36. The van der Waals surface area contributed by atoms with Crippen LogP contribution >= 0.6 is 0 Å². The van der Waals surface area contributed by atoms with Crippen LogP contribution in [-0.4, -0.2) is 52.5 Å². The van der Waals surface area contributed by atoms with E-state index in [1.807, 2.05) is 35.1 Å². The van der Waals surface area contributed by atoms with Crippen molar-refractivity contribution >= 4 is 11.5 Å². The lowest BCUT2D eigenvalue weighted by Crippen LogP contribution is -2.45. The third-order valence-corrected chi connectivity index (χ3v) is 3.99. The summed E-state index contributed by atoms with van der Waals surface area (Å²) in [5.74, 6) is 1.77. The number of aromatic nitrogens is 3. The molecule has 1 saturated heterocycles. The molecule has 0 radical (unpaired) electrons. The van der Waals surface area contributed by atoms with Crippen LogP contribution in [0.2, 0.25) is 0 Å². The summed E-state index contributed by atoms with van der Waals surface area (Å²) < 4.78 is 7.53. The molecule has 1 aliphatic heterocycles. The van der Waals surface area contributed by atoms with Crippen LogP contribution in [0, 0.1) is 0 Å². The van der Waals surface area contributed by atoms with Crippen molar-refractivity contribution in [1.82, 2.24) is 19.3 Å². The Morgan fingerprint density at radius 1 is 1.14 bits per heavy atom. The molecule has 0 saturated carbocycles. The minimum atomic E-state index is 0.818. The van der Waals surface area contributed by atoms with Gasteiger partial charge in [0.15, 0.2) is 17.2 Å². The van der Waals surface area contributed by atoms with Crippen molar-refractivity contribution in [3.8, 4) is 11.5 Å². The number of nitrogens with zero attached hydrogens (tertiary/aromatic N) is 5. The predicted molar refractivity (Wildman–Crippen MR) is 80.4 cm³/mol. The predicted octanol–water partition coefficient (Wildman–Crippen LogP) is 1.74. The molecule has 4 heterocycles. The molecular weight excluding hydrogens is 266 g/mol. The van der Waals surface area contributed by atoms with Gasteiger partial charge < -0.3 is 14.2 Å². The van der Waals surface area contributed by atoms with E-state index in [-0.39, 0.29) is 0 Å². The number of anilines is 1. The molecule has 0 bridgehead atoms. The van der Waals surface area contributed by atoms with Gasteiger partial charge in [0, 0.05) is 38.6 Å². The highest BCUT2D eigenvalue weighted by molar-refractivity contribution is 5.69. The first-order chi connectivity index (χ1) is 10.3. The first-order valence-electron chi connectivity index (χ1n) is 7.12. The number of fused-ring (bicyclic) bond motifs is 1. The smallest absolute Gasteiger partial charge is 0.180 e. The van der Waals surface area contributed by atoms with E-state index in [0.29, 0.717) is 0 Å². The molecule has 3 aromatic heterocycles. The van der Waals surface area contributed by atoms with Crippen LogP contribution in [0.25, 0.3) is 17.1 Å². The SMILES string of the molecule is CN1CCN(c2nccn3c(-c4ccco4)cnc23)CC1. The van der Waals surface area contributed by atoms with Crippen LogP contribution in [0.4, 0.5) is 5.82 Å². The fraction of sp³-hybridized carbons (Fsp3) is 0.333. The van der Waals surface area contributed by atoms with Crippen LogP contribution in [0.5, 0.6) is 0 Å². The van der Waals surface area contributed by atoms with Crippen molar-refractivity contribution < 1.29 is 4.42 Å². The van der Waals surface area contributed by atoms with E-state index < -0.39 is 0 Å². The van der Waals surface area contributed by atoms with E-state index in [1.54, 1.807) is 6.26 Å². The molecule has 0 unspecified atom stereocenters. The van der Waals surface area contributed by atoms with Gasteiger partial charge in [-0.2, -0.15) is 0 Å². The van der Waals surface area contributed by atoms with E-state index in [4.69, 9.17) is 4.42 Å². The summed E-state index contributed by atoms with van der Waals surface area (Å²) in [7, 11) is 2.15. The monoisotopic (exact) mass is 283 g/mol. The molecular formula is C15H17N5O. The summed E-state index contributed by atoms with van der Waals surface area (Å²) in [4.78, 5) is 13.7. The first kappa shape index (κ1) is 12.4. The molecule has 0 aromatic carbocycles. The number of piperazine rings is 1. The zero-order chi connectivity index (χ0) is 14.2. The number of rotatable bonds is 2. The normalized spacial score (nSPS) is 16.7. The summed E-state index contributed by atoms with van der Waals surface area (Å²) >= 11 is 0. The van der Waals surface area contributed by atoms with Crippen molar-refractivity contribution in [2.24, 2.45) is 0 Å². The zero-order valence-electron chi connectivity index (χ0n) is 11.9. The van der Waals surface area contributed by atoms with Gasteiger partial charge in [-0.05, 0) is 19.2 Å². The van der Waals surface area contributed by atoms with Crippen LogP contribution in [0.1, 0.15) is 0 Å². The highest BCUT2D eigenvalue weighted by Crippen LogP contribution is 2.25. The van der Waals surface area contributed by atoms with Crippen LogP contribution in [-0.2, 0) is 0 Å². The number of imidazole rings is 1. The van der Waals surface area contributed by atoms with Gasteiger partial charge in [0.1, 0.15) is 5.69 Å². The van der Waals surface area contributed by atoms with Gasteiger partial charge in [-0.3, -0.25) is 4.40 Å². The largest absolute Gasteiger partial charge is 0.463 e. The Kier molecular flexibility index (Phi) is 2.89. The summed E-state index contributed by atoms with van der Waals surface area (Å²) in [6.07, 6.45) is 7.28. The summed E-state index contributed by atoms with van der Waals surface area (Å²) in [5, 5.41) is 0. The Balaban J connectivity index is 1.77. The van der Waals surface area contributed by atoms with E-state index in [9.17, 15) is 0 Å². The Labute approximate surface area is 122 Å². The molecule has 108 valence electrons. The van der Waals surface area contributed by atoms with Crippen molar-refractivity contribution in [2.45, 2.75) is 0 Å². The average Bonchev–Trinajstić information content (AvgIpc) is 3.16. The van der Waals surface area contributed by atoms with Crippen molar-refractivity contribution in [3.05, 3.63) is 37.0 Å². The zero-order valence-corrected chi connectivity index (χ0v) is 11.9. The van der Waals surface area contributed by atoms with Crippen molar-refractivity contribution in [2.75, 3.05) is 38.1 Å². The maximum atomic E-state index is 5.48. The maximum absolute atomic E-state index is 5.48. The molecule has 6 nitrogen and oxygen atoms in total. The van der Waals surface area contributed by atoms with Gasteiger partial charge in [-0.25, -0.2) is 9.97 Å². The highest BCUT2D eigenvalue weighted by Gasteiger charge is 2.20. The van der Waals surface area contributed by atoms with Crippen molar-refractivity contribution in [1.29, 1.82) is 0 Å². The van der Waals surface area contributed by atoms with Gasteiger partial charge >= 0.3 is 0 Å². The van der Waals surface area contributed by atoms with Crippen LogP contribution in [0.3, 0.4) is 0 Å². The van der Waals surface area contributed by atoms with Crippen LogP contribution < -0.4 is 4.90 Å². The Hall–Kier alpha value is -2.34. The third-order valence-electron chi connectivity index (χ3n) is 3.99. The minimum Gasteiger partial charge on any atom is -0.463 e. The third kappa shape index (κ3) is 2.08. The Morgan fingerprint density at radius 2 is 2.00 bits per heavy atom. The molecule has 0 spiro atoms. The van der Waals surface area contributed by atoms with Gasteiger partial charge in [0.05, 0.1) is 12.5 Å². The summed E-state index contributed by atoms with van der Waals surface area (Å²) in [5.41, 5.74) is 1.83. The Bertz CT molecular complexity index is 741. The number of hydrogen-bond acceptors (Lipinski definition) is 5. The molecule has 4 rings (SSSR count). The molecule has 0 atom stereocenters. The molecule has 0 aliphatic carbocycles. The lowest BCUT2D eigenvalue weighted by atomic mass is 10.3. The van der Waals surface area contributed by atoms with E-state index >= 15 is 0 Å². The van der Waals surface area contributed by atoms with E-state index in [0.717, 1.165) is 49.1 Å². The lowest BCUT2D eigenvalue weighted by Gasteiger charge is -2.33. The number of likely N-dealkylation sites (N-methyl/N-ethyl adjacent to an activating group) is 1. The lowest BCUT2D eigenvalue weighted by molar-refractivity contribution is 0.312. The van der Waals surface area contributed by atoms with Gasteiger partial charge in [0.25, 0.3) is 0 Å². The van der Waals surface area contributed by atoms with Gasteiger partial charge in [-0.15, -0.1) is 0 Å². The quantitative estimate of drug-likeness (QED) is 0.717. The maximum Gasteiger partial charge on any atom is 0.180 e. The molecule has 0 amide bonds. The second kappa shape index (κ2) is 4.89. The number of hydrogen-bond donors (Lipinski definition) is 0. The van der Waals surface area contributed by atoms with Gasteiger partial charge in [-0.1, -0.05) is 0 Å². The molecule has 0 N–H and O–H groups in total. The van der Waals surface area contributed by atoms with E-state index in [1.165, 1.54) is 0 Å². The summed E-state index contributed by atoms with van der Waals surface area (Å²) in [6, 6.07) is 3.83. The summed E-state index contributed by atoms with van der Waals surface area (Å²) in [6.45, 7) is 4.06. The standard InChI is InChI=1S/C15H17N5O/c1-18-6-8-19(9-7-18)14-15-17-11-12(13-3-2-10-21-13)20(15)5-4-16-14/h2-5,10-11H,6-9H2,1H3. The highest BCUT2D eigenvalue weighted by atomic mass is 16.3. The first-order valence-corrected chi connectivity index (χ1v) is 7.12. The molecule has 6 heteroatoms. The number of furan rings is 1. The van der Waals surface area contributed by atoms with Crippen LogP contribution in [0.15, 0.2) is 41.4 Å². The average molecular weight is 283 g/mol. The molecule has 21 heavy (non-hydrogen) atoms. The topological polar surface area (TPSA) is 49.8 Å². The van der Waals surface area contributed by atoms with E-state index in [2.05, 4.69) is 26.8 Å².